The second-order valence-electron chi connectivity index (χ2n) is 7.32. The highest BCUT2D eigenvalue weighted by Gasteiger charge is 2.17. The Morgan fingerprint density at radius 1 is 1.07 bits per heavy atom. The maximum atomic E-state index is 12.5. The van der Waals surface area contributed by atoms with Crippen molar-refractivity contribution in [2.45, 2.75) is 6.42 Å². The number of pyridine rings is 1. The standard InChI is InChI=1S/C23H25N3O3/c1-29-23(28)20-16-24-21-15-17(7-8-19(21)22(20)27)9-10-25-11-13-26(14-12-25)18-5-3-2-4-6-18/h2-8,15-16H,9-14H2,1H3,(H,24,27). The number of carbonyl (C=O) groups excluding carboxylic acids is 1. The number of hydrogen-bond donors (Lipinski definition) is 1. The molecular weight excluding hydrogens is 366 g/mol. The Balaban J connectivity index is 1.38. The highest BCUT2D eigenvalue weighted by Crippen LogP contribution is 2.17. The van der Waals surface area contributed by atoms with Gasteiger partial charge in [0.15, 0.2) is 0 Å². The zero-order valence-corrected chi connectivity index (χ0v) is 16.6. The van der Waals surface area contributed by atoms with Crippen molar-refractivity contribution in [1.29, 1.82) is 0 Å². The topological polar surface area (TPSA) is 65.6 Å². The molecule has 1 saturated heterocycles. The Bertz CT molecular complexity index is 1050. The minimum absolute atomic E-state index is 0.0315. The summed E-state index contributed by atoms with van der Waals surface area (Å²) in [5.41, 5.74) is 2.94. The van der Waals surface area contributed by atoms with Crippen LogP contribution in [0.15, 0.2) is 59.5 Å². The molecule has 0 spiro atoms. The SMILES string of the molecule is COC(=O)c1c[nH]c2cc(CCN3CCN(c4ccccc4)CC3)ccc2c1=O. The number of ether oxygens (including phenoxy) is 1. The summed E-state index contributed by atoms with van der Waals surface area (Å²) in [5, 5.41) is 0.508. The number of H-pyrrole nitrogens is 1. The summed E-state index contributed by atoms with van der Waals surface area (Å²) < 4.78 is 4.66. The van der Waals surface area contributed by atoms with Gasteiger partial charge in [0.2, 0.25) is 5.43 Å². The minimum atomic E-state index is -0.619. The zero-order valence-electron chi connectivity index (χ0n) is 16.6. The van der Waals surface area contributed by atoms with E-state index in [4.69, 9.17) is 0 Å². The van der Waals surface area contributed by atoms with Gasteiger partial charge in [0.25, 0.3) is 0 Å². The van der Waals surface area contributed by atoms with E-state index < -0.39 is 5.97 Å². The summed E-state index contributed by atoms with van der Waals surface area (Å²) in [6.45, 7) is 5.14. The number of esters is 1. The smallest absolute Gasteiger partial charge is 0.343 e. The number of piperazine rings is 1. The van der Waals surface area contributed by atoms with Gasteiger partial charge in [-0.3, -0.25) is 9.69 Å². The number of aromatic nitrogens is 1. The molecule has 6 nitrogen and oxygen atoms in total. The second-order valence-corrected chi connectivity index (χ2v) is 7.32. The highest BCUT2D eigenvalue weighted by molar-refractivity contribution is 5.93. The highest BCUT2D eigenvalue weighted by atomic mass is 16.5. The van der Waals surface area contributed by atoms with Gasteiger partial charge in [-0.2, -0.15) is 0 Å². The van der Waals surface area contributed by atoms with Crippen LogP contribution >= 0.6 is 0 Å². The third kappa shape index (κ3) is 4.17. The third-order valence-corrected chi connectivity index (χ3v) is 5.56. The van der Waals surface area contributed by atoms with Crippen molar-refractivity contribution < 1.29 is 9.53 Å². The van der Waals surface area contributed by atoms with Gasteiger partial charge in [0.05, 0.1) is 7.11 Å². The summed E-state index contributed by atoms with van der Waals surface area (Å²) in [6.07, 6.45) is 2.35. The molecule has 0 bridgehead atoms. The first-order valence-corrected chi connectivity index (χ1v) is 9.90. The molecule has 2 aromatic carbocycles. The second kappa shape index (κ2) is 8.49. The lowest BCUT2D eigenvalue weighted by Gasteiger charge is -2.36. The lowest BCUT2D eigenvalue weighted by Crippen LogP contribution is -2.46. The summed E-state index contributed by atoms with van der Waals surface area (Å²) in [5.74, 6) is -0.619. The quantitative estimate of drug-likeness (QED) is 0.678. The van der Waals surface area contributed by atoms with Crippen LogP contribution in [0.4, 0.5) is 5.69 Å². The Labute approximate surface area is 169 Å². The maximum absolute atomic E-state index is 12.5. The molecule has 0 unspecified atom stereocenters. The van der Waals surface area contributed by atoms with Crippen LogP contribution in [0.3, 0.4) is 0 Å². The normalized spacial score (nSPS) is 14.9. The van der Waals surface area contributed by atoms with E-state index in [1.807, 2.05) is 18.2 Å². The zero-order chi connectivity index (χ0) is 20.2. The van der Waals surface area contributed by atoms with E-state index in [0.717, 1.165) is 44.7 Å². The number of nitrogens with zero attached hydrogens (tertiary/aromatic N) is 2. The van der Waals surface area contributed by atoms with E-state index in [1.165, 1.54) is 24.6 Å². The first kappa shape index (κ1) is 19.2. The van der Waals surface area contributed by atoms with E-state index in [9.17, 15) is 9.59 Å². The van der Waals surface area contributed by atoms with Crippen LogP contribution in [0.25, 0.3) is 10.9 Å². The van der Waals surface area contributed by atoms with Crippen LogP contribution in [0.1, 0.15) is 15.9 Å². The van der Waals surface area contributed by atoms with Crippen molar-refractivity contribution in [3.8, 4) is 0 Å². The monoisotopic (exact) mass is 391 g/mol. The molecule has 0 aliphatic carbocycles. The molecule has 1 aliphatic heterocycles. The molecule has 1 aliphatic rings. The van der Waals surface area contributed by atoms with Crippen LogP contribution in [-0.4, -0.2) is 55.7 Å². The van der Waals surface area contributed by atoms with Gasteiger partial charge in [0, 0.05) is 55.5 Å². The predicted molar refractivity (Wildman–Crippen MR) is 115 cm³/mol. The molecule has 3 aromatic rings. The van der Waals surface area contributed by atoms with E-state index in [0.29, 0.717) is 5.39 Å². The molecule has 1 fully saturated rings. The maximum Gasteiger partial charge on any atom is 0.343 e. The van der Waals surface area contributed by atoms with Crippen molar-refractivity contribution >= 4 is 22.6 Å². The van der Waals surface area contributed by atoms with Gasteiger partial charge in [-0.15, -0.1) is 0 Å². The molecule has 0 atom stereocenters. The fourth-order valence-corrected chi connectivity index (χ4v) is 3.84. The van der Waals surface area contributed by atoms with Crippen molar-refractivity contribution in [3.05, 3.63) is 76.1 Å². The number of hydrogen-bond acceptors (Lipinski definition) is 5. The first-order chi connectivity index (χ1) is 14.2. The predicted octanol–water partition coefficient (Wildman–Crippen LogP) is 2.68. The number of methoxy groups -OCH3 is 1. The summed E-state index contributed by atoms with van der Waals surface area (Å²) >= 11 is 0. The number of fused-ring (bicyclic) bond motifs is 1. The number of aromatic amines is 1. The van der Waals surface area contributed by atoms with E-state index in [1.54, 1.807) is 6.07 Å². The van der Waals surface area contributed by atoms with Crippen molar-refractivity contribution in [2.75, 3.05) is 44.7 Å². The lowest BCUT2D eigenvalue weighted by atomic mass is 10.1. The molecular formula is C23H25N3O3. The fourth-order valence-electron chi connectivity index (χ4n) is 3.84. The molecule has 150 valence electrons. The number of rotatable bonds is 5. The Hall–Kier alpha value is -3.12. The number of benzene rings is 2. The van der Waals surface area contributed by atoms with Gasteiger partial charge in [-0.1, -0.05) is 24.3 Å². The number of nitrogens with one attached hydrogen (secondary N) is 1. The minimum Gasteiger partial charge on any atom is -0.465 e. The molecule has 1 N–H and O–H groups in total. The van der Waals surface area contributed by atoms with Crippen LogP contribution in [0.2, 0.25) is 0 Å². The van der Waals surface area contributed by atoms with Crippen molar-refractivity contribution in [2.24, 2.45) is 0 Å². The van der Waals surface area contributed by atoms with Crippen LogP contribution < -0.4 is 10.3 Å². The molecule has 0 saturated carbocycles. The average Bonchev–Trinajstić information content (AvgIpc) is 2.78. The Morgan fingerprint density at radius 3 is 2.55 bits per heavy atom. The molecule has 2 heterocycles. The van der Waals surface area contributed by atoms with Gasteiger partial charge >= 0.3 is 5.97 Å². The summed E-state index contributed by atoms with van der Waals surface area (Å²) in [7, 11) is 1.27. The summed E-state index contributed by atoms with van der Waals surface area (Å²) in [6, 6.07) is 16.3. The number of anilines is 1. The van der Waals surface area contributed by atoms with Crippen molar-refractivity contribution in [3.63, 3.8) is 0 Å². The van der Waals surface area contributed by atoms with Crippen LogP contribution in [0, 0.1) is 0 Å². The molecule has 29 heavy (non-hydrogen) atoms. The molecule has 0 radical (unpaired) electrons. The Morgan fingerprint density at radius 2 is 1.83 bits per heavy atom. The first-order valence-electron chi connectivity index (χ1n) is 9.90. The van der Waals surface area contributed by atoms with E-state index in [2.05, 4.69) is 43.8 Å². The molecule has 4 rings (SSSR count). The van der Waals surface area contributed by atoms with Gasteiger partial charge in [-0.25, -0.2) is 4.79 Å². The van der Waals surface area contributed by atoms with Crippen LogP contribution in [0.5, 0.6) is 0 Å². The van der Waals surface area contributed by atoms with Crippen molar-refractivity contribution in [1.82, 2.24) is 9.88 Å². The fraction of sp³-hybridized carbons (Fsp3) is 0.304. The average molecular weight is 391 g/mol. The van der Waals surface area contributed by atoms with Gasteiger partial charge in [0.1, 0.15) is 5.56 Å². The molecule has 0 amide bonds. The van der Waals surface area contributed by atoms with E-state index >= 15 is 0 Å². The number of para-hydroxylation sites is 1. The lowest BCUT2D eigenvalue weighted by molar-refractivity contribution is 0.0599. The molecule has 1 aromatic heterocycles. The third-order valence-electron chi connectivity index (χ3n) is 5.56. The van der Waals surface area contributed by atoms with E-state index in [-0.39, 0.29) is 11.0 Å². The van der Waals surface area contributed by atoms with Gasteiger partial charge < -0.3 is 14.6 Å². The van der Waals surface area contributed by atoms with Gasteiger partial charge in [-0.05, 0) is 36.2 Å². The van der Waals surface area contributed by atoms with Crippen LogP contribution in [-0.2, 0) is 11.2 Å². The molecule has 6 heteroatoms. The summed E-state index contributed by atoms with van der Waals surface area (Å²) in [4.78, 5) is 32.1. The number of carbonyl (C=O) groups is 1. The Kier molecular flexibility index (Phi) is 5.62. The largest absolute Gasteiger partial charge is 0.465 e.